The summed E-state index contributed by atoms with van der Waals surface area (Å²) in [7, 11) is 0. The van der Waals surface area contributed by atoms with Crippen molar-refractivity contribution >= 4 is 46.6 Å². The molecule has 0 unspecified atom stereocenters. The van der Waals surface area contributed by atoms with E-state index in [-0.39, 0.29) is 12.5 Å². The highest BCUT2D eigenvalue weighted by Gasteiger charge is 2.24. The van der Waals surface area contributed by atoms with Crippen molar-refractivity contribution in [3.8, 4) is 5.75 Å². The summed E-state index contributed by atoms with van der Waals surface area (Å²) in [6.07, 6.45) is 0.934. The predicted molar refractivity (Wildman–Crippen MR) is 101 cm³/mol. The van der Waals surface area contributed by atoms with E-state index in [1.807, 2.05) is 18.2 Å². The maximum Gasteiger partial charge on any atom is 0.264 e. The van der Waals surface area contributed by atoms with Gasteiger partial charge in [0.25, 0.3) is 5.91 Å². The van der Waals surface area contributed by atoms with Crippen LogP contribution in [0, 0.1) is 0 Å². The van der Waals surface area contributed by atoms with Crippen molar-refractivity contribution in [1.29, 1.82) is 0 Å². The van der Waals surface area contributed by atoms with E-state index < -0.39 is 0 Å². The topological polar surface area (TPSA) is 29.5 Å². The number of ether oxygens (including phenoxy) is 1. The number of carbonyl (C=O) groups excluding carboxylic acids is 1. The number of benzene rings is 2. The highest BCUT2D eigenvalue weighted by molar-refractivity contribution is 8.00. The SMILES string of the molecule is C[C@H]1CCN(C(=O)COc2cccc(Cl)c2Cl)c2ccccc2S1. The van der Waals surface area contributed by atoms with E-state index in [9.17, 15) is 4.79 Å². The Hall–Kier alpha value is -1.36. The highest BCUT2D eigenvalue weighted by atomic mass is 35.5. The van der Waals surface area contributed by atoms with Crippen molar-refractivity contribution in [2.24, 2.45) is 0 Å². The maximum absolute atomic E-state index is 12.7. The summed E-state index contributed by atoms with van der Waals surface area (Å²) in [6.45, 7) is 2.78. The molecule has 1 atom stereocenters. The van der Waals surface area contributed by atoms with Crippen LogP contribution >= 0.6 is 35.0 Å². The Morgan fingerprint density at radius 1 is 1.25 bits per heavy atom. The van der Waals surface area contributed by atoms with Gasteiger partial charge in [-0.3, -0.25) is 4.79 Å². The van der Waals surface area contributed by atoms with E-state index >= 15 is 0 Å². The summed E-state index contributed by atoms with van der Waals surface area (Å²) < 4.78 is 5.60. The number of rotatable bonds is 3. The first kappa shape index (κ1) is 17.5. The third kappa shape index (κ3) is 3.82. The number of para-hydroxylation sites is 1. The normalized spacial score (nSPS) is 17.1. The third-order valence-corrected chi connectivity index (χ3v) is 5.85. The first-order valence-corrected chi connectivity index (χ1v) is 9.32. The second kappa shape index (κ2) is 7.68. The minimum atomic E-state index is -0.0896. The quantitative estimate of drug-likeness (QED) is 0.723. The third-order valence-electron chi connectivity index (χ3n) is 3.81. The van der Waals surface area contributed by atoms with Gasteiger partial charge in [-0.2, -0.15) is 0 Å². The van der Waals surface area contributed by atoms with E-state index in [4.69, 9.17) is 27.9 Å². The number of thioether (sulfide) groups is 1. The molecule has 0 N–H and O–H groups in total. The zero-order valence-electron chi connectivity index (χ0n) is 13.2. The fraction of sp³-hybridized carbons (Fsp3) is 0.278. The summed E-state index contributed by atoms with van der Waals surface area (Å²) in [5.74, 6) is 0.330. The van der Waals surface area contributed by atoms with Crippen LogP contribution in [0.5, 0.6) is 5.75 Å². The molecule has 0 radical (unpaired) electrons. The molecule has 3 nitrogen and oxygen atoms in total. The molecule has 0 saturated heterocycles. The van der Waals surface area contributed by atoms with Gasteiger partial charge in [0, 0.05) is 16.7 Å². The van der Waals surface area contributed by atoms with Crippen LogP contribution in [0.2, 0.25) is 10.0 Å². The van der Waals surface area contributed by atoms with Crippen molar-refractivity contribution < 1.29 is 9.53 Å². The molecule has 6 heteroatoms. The molecule has 0 aromatic heterocycles. The van der Waals surface area contributed by atoms with Crippen LogP contribution in [0.25, 0.3) is 0 Å². The minimum absolute atomic E-state index is 0.0759. The molecule has 2 aromatic rings. The van der Waals surface area contributed by atoms with Gasteiger partial charge < -0.3 is 9.64 Å². The lowest BCUT2D eigenvalue weighted by Gasteiger charge is -2.22. The molecular weight excluding hydrogens is 365 g/mol. The molecule has 0 saturated carbocycles. The van der Waals surface area contributed by atoms with Gasteiger partial charge in [0.05, 0.1) is 10.7 Å². The first-order valence-electron chi connectivity index (χ1n) is 7.69. The molecule has 0 spiro atoms. The maximum atomic E-state index is 12.7. The zero-order chi connectivity index (χ0) is 17.1. The van der Waals surface area contributed by atoms with E-state index in [2.05, 4.69) is 13.0 Å². The smallest absolute Gasteiger partial charge is 0.264 e. The number of nitrogens with zero attached hydrogens (tertiary/aromatic N) is 1. The average molecular weight is 382 g/mol. The van der Waals surface area contributed by atoms with Crippen molar-refractivity contribution in [3.63, 3.8) is 0 Å². The predicted octanol–water partition coefficient (Wildman–Crippen LogP) is 5.29. The molecule has 1 aliphatic heterocycles. The van der Waals surface area contributed by atoms with Crippen LogP contribution in [0.4, 0.5) is 5.69 Å². The summed E-state index contributed by atoms with van der Waals surface area (Å²) in [5, 5.41) is 1.20. The van der Waals surface area contributed by atoms with Gasteiger partial charge in [-0.1, -0.05) is 48.3 Å². The van der Waals surface area contributed by atoms with Crippen molar-refractivity contribution in [2.45, 2.75) is 23.5 Å². The molecule has 1 aliphatic rings. The highest BCUT2D eigenvalue weighted by Crippen LogP contribution is 2.37. The van der Waals surface area contributed by atoms with Crippen molar-refractivity contribution in [2.75, 3.05) is 18.1 Å². The number of hydrogen-bond acceptors (Lipinski definition) is 3. The van der Waals surface area contributed by atoms with Gasteiger partial charge in [-0.15, -0.1) is 11.8 Å². The molecule has 2 aromatic carbocycles. The van der Waals surface area contributed by atoms with Gasteiger partial charge in [0.2, 0.25) is 0 Å². The second-order valence-corrected chi connectivity index (χ2v) is 7.84. The fourth-order valence-corrected chi connectivity index (χ4v) is 4.02. The van der Waals surface area contributed by atoms with E-state index in [1.54, 1.807) is 34.9 Å². The van der Waals surface area contributed by atoms with Crippen molar-refractivity contribution in [3.05, 3.63) is 52.5 Å². The van der Waals surface area contributed by atoms with E-state index in [0.717, 1.165) is 17.0 Å². The molecule has 126 valence electrons. The Balaban J connectivity index is 1.76. The van der Waals surface area contributed by atoms with Crippen molar-refractivity contribution in [1.82, 2.24) is 0 Å². The lowest BCUT2D eigenvalue weighted by Crippen LogP contribution is -2.36. The van der Waals surface area contributed by atoms with Crippen LogP contribution in [0.1, 0.15) is 13.3 Å². The number of carbonyl (C=O) groups is 1. The number of fused-ring (bicyclic) bond motifs is 1. The fourth-order valence-electron chi connectivity index (χ4n) is 2.56. The Labute approximate surface area is 155 Å². The molecule has 24 heavy (non-hydrogen) atoms. The number of anilines is 1. The minimum Gasteiger partial charge on any atom is -0.482 e. The lowest BCUT2D eigenvalue weighted by molar-refractivity contribution is -0.120. The van der Waals surface area contributed by atoms with E-state index in [1.165, 1.54) is 0 Å². The van der Waals surface area contributed by atoms with Gasteiger partial charge in [-0.25, -0.2) is 0 Å². The molecule has 0 fully saturated rings. The van der Waals surface area contributed by atoms with E-state index in [0.29, 0.717) is 27.6 Å². The second-order valence-electron chi connectivity index (χ2n) is 5.57. The average Bonchev–Trinajstić information content (AvgIpc) is 2.74. The van der Waals surface area contributed by atoms with Gasteiger partial charge in [-0.05, 0) is 30.7 Å². The molecule has 0 bridgehead atoms. The number of amides is 1. The summed E-state index contributed by atoms with van der Waals surface area (Å²) >= 11 is 13.9. The van der Waals surface area contributed by atoms with Crippen LogP contribution in [0.15, 0.2) is 47.4 Å². The number of hydrogen-bond donors (Lipinski definition) is 0. The Kier molecular flexibility index (Phi) is 5.59. The Morgan fingerprint density at radius 2 is 2.04 bits per heavy atom. The van der Waals surface area contributed by atoms with Gasteiger partial charge in [0.15, 0.2) is 6.61 Å². The summed E-state index contributed by atoms with van der Waals surface area (Å²) in [6, 6.07) is 13.1. The van der Waals surface area contributed by atoms with Crippen LogP contribution in [-0.2, 0) is 4.79 Å². The first-order chi connectivity index (χ1) is 11.6. The molecule has 1 heterocycles. The molecule has 3 rings (SSSR count). The number of halogens is 2. The zero-order valence-corrected chi connectivity index (χ0v) is 15.5. The van der Waals surface area contributed by atoms with Crippen LogP contribution in [-0.4, -0.2) is 24.3 Å². The largest absolute Gasteiger partial charge is 0.482 e. The molecule has 0 aliphatic carbocycles. The molecule has 1 amide bonds. The van der Waals surface area contributed by atoms with Gasteiger partial charge in [0.1, 0.15) is 10.8 Å². The Morgan fingerprint density at radius 3 is 2.88 bits per heavy atom. The monoisotopic (exact) mass is 381 g/mol. The summed E-state index contributed by atoms with van der Waals surface area (Å²) in [4.78, 5) is 15.6. The van der Waals surface area contributed by atoms with Crippen LogP contribution in [0.3, 0.4) is 0 Å². The molecular formula is C18H17Cl2NO2S. The summed E-state index contributed by atoms with van der Waals surface area (Å²) in [5.41, 5.74) is 0.942. The van der Waals surface area contributed by atoms with Crippen LogP contribution < -0.4 is 9.64 Å². The van der Waals surface area contributed by atoms with Gasteiger partial charge >= 0.3 is 0 Å². The lowest BCUT2D eigenvalue weighted by atomic mass is 10.2. The Bertz CT molecular complexity index is 754. The standard InChI is InChI=1S/C18H17Cl2NO2S/c1-12-9-10-21(14-6-2-3-8-16(14)24-12)17(22)11-23-15-7-4-5-13(19)18(15)20/h2-8,12H,9-11H2,1H3/t12-/m0/s1.